The van der Waals surface area contributed by atoms with Crippen LogP contribution < -0.4 is 4.74 Å². The molecule has 3 heterocycles. The summed E-state index contributed by atoms with van der Waals surface area (Å²) in [5.41, 5.74) is -4.08. The number of ether oxygens (including phenoxy) is 1. The molecule has 0 spiro atoms. The van der Waals surface area contributed by atoms with E-state index in [4.69, 9.17) is 4.74 Å². The van der Waals surface area contributed by atoms with Crippen LogP contribution in [-0.4, -0.2) is 50.3 Å². The van der Waals surface area contributed by atoms with Crippen molar-refractivity contribution in [3.63, 3.8) is 0 Å². The number of para-hydroxylation sites is 3. The Balaban J connectivity index is 0.000000196. The van der Waals surface area contributed by atoms with Crippen molar-refractivity contribution < 1.29 is 50.1 Å². The summed E-state index contributed by atoms with van der Waals surface area (Å²) in [7, 11) is 0. The Bertz CT molecular complexity index is 2380. The van der Waals surface area contributed by atoms with E-state index >= 15 is 0 Å². The predicted molar refractivity (Wildman–Crippen MR) is 208 cm³/mol. The zero-order chi connectivity index (χ0) is 42.5. The second-order valence-electron chi connectivity index (χ2n) is 16.8. The number of fused-ring (bicyclic) bond motifs is 3. The third-order valence-electron chi connectivity index (χ3n) is 11.1. The van der Waals surface area contributed by atoms with Crippen molar-refractivity contribution in [1.82, 2.24) is 9.97 Å². The van der Waals surface area contributed by atoms with Crippen LogP contribution in [0, 0.1) is 18.6 Å². The van der Waals surface area contributed by atoms with E-state index in [9.17, 15) is 45.3 Å². The summed E-state index contributed by atoms with van der Waals surface area (Å²) < 4.78 is 117. The van der Waals surface area contributed by atoms with Crippen molar-refractivity contribution in [2.24, 2.45) is 0 Å². The Labute approximate surface area is 331 Å². The second kappa shape index (κ2) is 15.4. The van der Waals surface area contributed by atoms with Gasteiger partial charge < -0.3 is 24.9 Å². The molecule has 1 aliphatic heterocycles. The molecular weight excluding hydrogens is 768 g/mol. The number of aryl methyl sites for hydroxylation is 1. The van der Waals surface area contributed by atoms with E-state index in [-0.39, 0.29) is 11.2 Å². The van der Waals surface area contributed by atoms with Crippen LogP contribution in [0.5, 0.6) is 5.75 Å². The van der Waals surface area contributed by atoms with Crippen molar-refractivity contribution in [2.45, 2.75) is 101 Å². The van der Waals surface area contributed by atoms with Crippen LogP contribution in [0.2, 0.25) is 0 Å². The van der Waals surface area contributed by atoms with Gasteiger partial charge in [-0.1, -0.05) is 82.3 Å². The first-order chi connectivity index (χ1) is 26.9. The summed E-state index contributed by atoms with van der Waals surface area (Å²) in [6.45, 7) is 8.75. The summed E-state index contributed by atoms with van der Waals surface area (Å²) in [5.74, 6) is -0.453. The lowest BCUT2D eigenvalue weighted by molar-refractivity contribution is -0.266. The summed E-state index contributed by atoms with van der Waals surface area (Å²) in [6.07, 6.45) is -11.5. The highest BCUT2D eigenvalue weighted by molar-refractivity contribution is 5.81. The highest BCUT2D eigenvalue weighted by atomic mass is 19.4. The summed E-state index contributed by atoms with van der Waals surface area (Å²) in [5, 5.41) is 22.8. The van der Waals surface area contributed by atoms with Gasteiger partial charge >= 0.3 is 12.4 Å². The minimum absolute atomic E-state index is 0.125. The second-order valence-corrected chi connectivity index (χ2v) is 16.8. The summed E-state index contributed by atoms with van der Waals surface area (Å²) >= 11 is 0. The van der Waals surface area contributed by atoms with Gasteiger partial charge in [-0.05, 0) is 89.1 Å². The monoisotopic (exact) mass is 814 g/mol. The molecule has 0 fully saturated rings. The van der Waals surface area contributed by atoms with Gasteiger partial charge in [-0.15, -0.1) is 0 Å². The van der Waals surface area contributed by atoms with E-state index in [2.05, 4.69) is 9.97 Å². The molecule has 13 heteroatoms. The zero-order valence-corrected chi connectivity index (χ0v) is 32.7. The summed E-state index contributed by atoms with van der Waals surface area (Å²) in [4.78, 5) is 5.65. The average molecular weight is 815 g/mol. The first kappa shape index (κ1) is 42.7. The number of aliphatic hydroxyl groups is 2. The van der Waals surface area contributed by atoms with Crippen molar-refractivity contribution in [2.75, 3.05) is 6.61 Å². The zero-order valence-electron chi connectivity index (χ0n) is 32.7. The molecule has 0 aliphatic carbocycles. The van der Waals surface area contributed by atoms with E-state index in [0.29, 0.717) is 52.1 Å². The van der Waals surface area contributed by atoms with Gasteiger partial charge in [0.15, 0.2) is 11.2 Å². The van der Waals surface area contributed by atoms with E-state index in [1.165, 1.54) is 36.4 Å². The van der Waals surface area contributed by atoms with Crippen molar-refractivity contribution in [1.29, 1.82) is 0 Å². The normalized spacial score (nSPS) is 15.7. The van der Waals surface area contributed by atoms with Crippen LogP contribution in [0.25, 0.3) is 21.8 Å². The number of aromatic amines is 2. The van der Waals surface area contributed by atoms with Crippen LogP contribution in [-0.2, 0) is 30.1 Å². The topological polar surface area (TPSA) is 81.3 Å². The molecule has 4 aromatic carbocycles. The number of H-pyrrole nitrogens is 2. The lowest BCUT2D eigenvalue weighted by atomic mass is 9.72. The number of rotatable bonds is 10. The highest BCUT2D eigenvalue weighted by Gasteiger charge is 2.57. The molecule has 2 unspecified atom stereocenters. The standard InChI is InChI=1S/C23H23F4NO2.C22H23F4NO/c1-21(2,17-7-3-5-14-9-10-30-20(14)17)13-22(29,23(25,26)27)12-16-11-15-6-4-8-18(24)19(15)28-16;1-14-8-9-16(23)11-18(14)20(2,3)13-21(28,22(24,25)26)12-17-10-15-6-4-5-7-19(15)27-17/h3-8,11,28-29H,9-10,12-13H2,1-2H3;4-11,27-28H,12-13H2,1-3H3. The largest absolute Gasteiger partial charge is 0.493 e. The van der Waals surface area contributed by atoms with Gasteiger partial charge in [-0.3, -0.25) is 0 Å². The Morgan fingerprint density at radius 3 is 1.83 bits per heavy atom. The lowest BCUT2D eigenvalue weighted by Gasteiger charge is -2.38. The van der Waals surface area contributed by atoms with E-state index in [1.54, 1.807) is 83.1 Å². The molecule has 0 radical (unpaired) electrons. The SMILES string of the molecule is CC(C)(CC(O)(Cc1cc2cccc(F)c2[nH]1)C(F)(F)F)c1cccc2c1OCC2.Cc1ccc(F)cc1C(C)(C)CC(O)(Cc1cc2ccccc2[nH]1)C(F)(F)F. The maximum Gasteiger partial charge on any atom is 0.417 e. The van der Waals surface area contributed by atoms with Crippen LogP contribution >= 0.6 is 0 Å². The van der Waals surface area contributed by atoms with Crippen LogP contribution in [0.4, 0.5) is 35.1 Å². The number of halogens is 8. The molecule has 7 rings (SSSR count). The number of aromatic nitrogens is 2. The molecule has 58 heavy (non-hydrogen) atoms. The van der Waals surface area contributed by atoms with Gasteiger partial charge in [0.05, 0.1) is 12.1 Å². The minimum Gasteiger partial charge on any atom is -0.493 e. The molecular formula is C45H46F8N2O3. The molecule has 2 atom stereocenters. The van der Waals surface area contributed by atoms with Gasteiger partial charge in [0.2, 0.25) is 0 Å². The minimum atomic E-state index is -4.88. The summed E-state index contributed by atoms with van der Waals surface area (Å²) in [6, 6.07) is 24.1. The Hall–Kier alpha value is -4.88. The predicted octanol–water partition coefficient (Wildman–Crippen LogP) is 11.3. The van der Waals surface area contributed by atoms with E-state index in [1.807, 2.05) is 6.07 Å². The molecule has 0 saturated carbocycles. The third kappa shape index (κ3) is 8.75. The first-order valence-electron chi connectivity index (χ1n) is 18.8. The Morgan fingerprint density at radius 2 is 1.21 bits per heavy atom. The van der Waals surface area contributed by atoms with E-state index < -0.39 is 71.7 Å². The van der Waals surface area contributed by atoms with Crippen LogP contribution in [0.3, 0.4) is 0 Å². The number of hydrogen-bond acceptors (Lipinski definition) is 3. The first-order valence-corrected chi connectivity index (χ1v) is 18.8. The molecule has 2 aromatic heterocycles. The molecule has 1 aliphatic rings. The van der Waals surface area contributed by atoms with Crippen molar-refractivity contribution in [3.05, 3.63) is 136 Å². The van der Waals surface area contributed by atoms with Gasteiger partial charge in [0.25, 0.3) is 0 Å². The van der Waals surface area contributed by atoms with Crippen LogP contribution in [0.15, 0.2) is 91.0 Å². The van der Waals surface area contributed by atoms with Gasteiger partial charge in [0, 0.05) is 47.1 Å². The van der Waals surface area contributed by atoms with Gasteiger partial charge in [-0.2, -0.15) is 26.3 Å². The number of alkyl halides is 6. The van der Waals surface area contributed by atoms with Crippen molar-refractivity contribution >= 4 is 21.8 Å². The fourth-order valence-corrected chi connectivity index (χ4v) is 8.38. The lowest BCUT2D eigenvalue weighted by Crippen LogP contribution is -2.51. The molecule has 0 bridgehead atoms. The highest BCUT2D eigenvalue weighted by Crippen LogP contribution is 2.47. The fourth-order valence-electron chi connectivity index (χ4n) is 8.38. The molecule has 4 N–H and O–H groups in total. The fraction of sp³-hybridized carbons (Fsp3) is 0.378. The molecule has 5 nitrogen and oxygen atoms in total. The maximum absolute atomic E-state index is 14.1. The number of hydrogen-bond donors (Lipinski definition) is 4. The maximum atomic E-state index is 14.1. The van der Waals surface area contributed by atoms with Gasteiger partial charge in [0.1, 0.15) is 17.4 Å². The Kier molecular flexibility index (Phi) is 11.3. The number of nitrogens with one attached hydrogen (secondary N) is 2. The average Bonchev–Trinajstić information content (AvgIpc) is 3.86. The molecule has 0 saturated heterocycles. The van der Waals surface area contributed by atoms with Crippen molar-refractivity contribution in [3.8, 4) is 5.75 Å². The number of benzene rings is 4. The quantitative estimate of drug-likeness (QED) is 0.104. The Morgan fingerprint density at radius 1 is 0.638 bits per heavy atom. The molecule has 6 aromatic rings. The van der Waals surface area contributed by atoms with E-state index in [0.717, 1.165) is 10.9 Å². The molecule has 310 valence electrons. The smallest absolute Gasteiger partial charge is 0.417 e. The molecule has 0 amide bonds. The van der Waals surface area contributed by atoms with Gasteiger partial charge in [-0.25, -0.2) is 8.78 Å². The van der Waals surface area contributed by atoms with Crippen LogP contribution in [0.1, 0.15) is 74.2 Å². The third-order valence-corrected chi connectivity index (χ3v) is 11.1.